The van der Waals surface area contributed by atoms with Gasteiger partial charge in [-0.2, -0.15) is 5.10 Å². The number of para-hydroxylation sites is 2. The first-order valence-corrected chi connectivity index (χ1v) is 11.2. The summed E-state index contributed by atoms with van der Waals surface area (Å²) in [6.45, 7) is 1.95. The second-order valence-corrected chi connectivity index (χ2v) is 7.75. The molecule has 36 heavy (non-hydrogen) atoms. The van der Waals surface area contributed by atoms with Crippen LogP contribution in [-0.4, -0.2) is 24.4 Å². The van der Waals surface area contributed by atoms with Gasteiger partial charge in [-0.05, 0) is 73.2 Å². The number of hydrazone groups is 1. The average Bonchev–Trinajstić information content (AvgIpc) is 2.91. The lowest BCUT2D eigenvalue weighted by Gasteiger charge is -2.18. The molecule has 0 spiro atoms. The summed E-state index contributed by atoms with van der Waals surface area (Å²) >= 11 is 0. The van der Waals surface area contributed by atoms with Gasteiger partial charge in [-0.25, -0.2) is 10.2 Å². The van der Waals surface area contributed by atoms with Crippen LogP contribution in [0.2, 0.25) is 0 Å². The summed E-state index contributed by atoms with van der Waals surface area (Å²) in [5, 5.41) is 4.00. The van der Waals surface area contributed by atoms with Crippen LogP contribution in [0.4, 0.5) is 0 Å². The number of nitrogens with zero attached hydrogens (tertiary/aromatic N) is 1. The zero-order chi connectivity index (χ0) is 25.2. The lowest BCUT2D eigenvalue weighted by molar-refractivity contribution is -0.140. The Kier molecular flexibility index (Phi) is 8.07. The van der Waals surface area contributed by atoms with E-state index in [1.807, 2.05) is 31.2 Å². The minimum Gasteiger partial charge on any atom is -0.446 e. The van der Waals surface area contributed by atoms with E-state index in [0.29, 0.717) is 28.4 Å². The van der Waals surface area contributed by atoms with Crippen molar-refractivity contribution in [3.63, 3.8) is 0 Å². The number of amides is 1. The van der Waals surface area contributed by atoms with Gasteiger partial charge < -0.3 is 14.2 Å². The highest BCUT2D eigenvalue weighted by Gasteiger charge is 2.22. The second kappa shape index (κ2) is 12.0. The van der Waals surface area contributed by atoms with E-state index < -0.39 is 18.2 Å². The molecule has 1 amide bonds. The molecule has 4 aromatic rings. The van der Waals surface area contributed by atoms with Crippen LogP contribution in [0.15, 0.2) is 114 Å². The molecule has 0 aliphatic heterocycles. The highest BCUT2D eigenvalue weighted by Crippen LogP contribution is 2.17. The van der Waals surface area contributed by atoms with Crippen LogP contribution in [-0.2, 0) is 4.79 Å². The van der Waals surface area contributed by atoms with Crippen molar-refractivity contribution in [2.24, 2.45) is 5.10 Å². The third-order valence-electron chi connectivity index (χ3n) is 4.95. The van der Waals surface area contributed by atoms with Crippen LogP contribution < -0.4 is 19.6 Å². The van der Waals surface area contributed by atoms with E-state index in [0.717, 1.165) is 5.56 Å². The molecule has 0 saturated carbocycles. The molecule has 1 N–H and O–H groups in total. The molecule has 7 nitrogen and oxygen atoms in total. The Hall–Kier alpha value is -4.91. The summed E-state index contributed by atoms with van der Waals surface area (Å²) in [7, 11) is 0. The fraction of sp³-hybridized carbons (Fsp3) is 0.0690. The number of carbonyl (C=O) groups is 2. The van der Waals surface area contributed by atoms with E-state index in [-0.39, 0.29) is 0 Å². The highest BCUT2D eigenvalue weighted by molar-refractivity contribution is 5.91. The van der Waals surface area contributed by atoms with Gasteiger partial charge in [-0.15, -0.1) is 0 Å². The molecule has 0 atom stereocenters. The third kappa shape index (κ3) is 7.04. The lowest BCUT2D eigenvalue weighted by Crippen LogP contribution is -2.40. The smallest absolute Gasteiger partial charge is 0.343 e. The van der Waals surface area contributed by atoms with Crippen molar-refractivity contribution in [2.45, 2.75) is 13.2 Å². The van der Waals surface area contributed by atoms with Gasteiger partial charge >= 0.3 is 18.2 Å². The predicted octanol–water partition coefficient (Wildman–Crippen LogP) is 5.15. The predicted molar refractivity (Wildman–Crippen MR) is 136 cm³/mol. The van der Waals surface area contributed by atoms with Crippen LogP contribution in [0.3, 0.4) is 0 Å². The lowest BCUT2D eigenvalue weighted by atomic mass is 10.1. The first kappa shape index (κ1) is 24.2. The van der Waals surface area contributed by atoms with Gasteiger partial charge in [0.1, 0.15) is 17.2 Å². The largest absolute Gasteiger partial charge is 0.446 e. The Balaban J connectivity index is 1.35. The molecule has 0 heterocycles. The molecule has 0 aromatic heterocycles. The number of hydrogen-bond donors (Lipinski definition) is 1. The Labute approximate surface area is 209 Å². The highest BCUT2D eigenvalue weighted by atomic mass is 16.7. The quantitative estimate of drug-likeness (QED) is 0.118. The number of aryl methyl sites for hydroxylation is 1. The van der Waals surface area contributed by atoms with Crippen molar-refractivity contribution in [1.82, 2.24) is 5.43 Å². The summed E-state index contributed by atoms with van der Waals surface area (Å²) in [6, 6.07) is 31.7. The van der Waals surface area contributed by atoms with Gasteiger partial charge in [0.05, 0.1) is 11.8 Å². The minimum atomic E-state index is -1.25. The van der Waals surface area contributed by atoms with Crippen molar-refractivity contribution in [3.8, 4) is 17.2 Å². The van der Waals surface area contributed by atoms with E-state index in [1.165, 1.54) is 6.21 Å². The fourth-order valence-electron chi connectivity index (χ4n) is 3.08. The molecule has 4 rings (SSSR count). The van der Waals surface area contributed by atoms with E-state index in [1.54, 1.807) is 84.9 Å². The van der Waals surface area contributed by atoms with Gasteiger partial charge in [-0.3, -0.25) is 4.79 Å². The normalized spacial score (nSPS) is 10.7. The Morgan fingerprint density at radius 2 is 1.28 bits per heavy atom. The maximum atomic E-state index is 12.7. The molecule has 0 radical (unpaired) electrons. The SMILES string of the molecule is Cc1ccc(C(=O)Oc2ccc(/C=N\NC(=O)C(Oc3ccccc3)Oc3ccccc3)cc2)cc1. The maximum absolute atomic E-state index is 12.7. The summed E-state index contributed by atoms with van der Waals surface area (Å²) in [5.41, 5.74) is 4.66. The molecule has 0 aliphatic rings. The molecule has 4 aromatic carbocycles. The van der Waals surface area contributed by atoms with Crippen molar-refractivity contribution in [1.29, 1.82) is 0 Å². The summed E-state index contributed by atoms with van der Waals surface area (Å²) < 4.78 is 16.8. The topological polar surface area (TPSA) is 86.2 Å². The number of esters is 1. The van der Waals surface area contributed by atoms with Crippen LogP contribution in [0.1, 0.15) is 21.5 Å². The number of ether oxygens (including phenoxy) is 3. The maximum Gasteiger partial charge on any atom is 0.343 e. The Bertz CT molecular complexity index is 1260. The van der Waals surface area contributed by atoms with E-state index in [9.17, 15) is 9.59 Å². The standard InChI is InChI=1S/C29H24N2O5/c1-21-12-16-23(17-13-21)28(33)34-26-18-14-22(15-19-26)20-30-31-27(32)29(35-24-8-4-2-5-9-24)36-25-10-6-3-7-11-25/h2-20,29H,1H3,(H,31,32)/b30-20-. The van der Waals surface area contributed by atoms with E-state index in [2.05, 4.69) is 10.5 Å². The second-order valence-electron chi connectivity index (χ2n) is 7.75. The minimum absolute atomic E-state index is 0.398. The van der Waals surface area contributed by atoms with Crippen LogP contribution >= 0.6 is 0 Å². The fourth-order valence-corrected chi connectivity index (χ4v) is 3.08. The number of hydrogen-bond acceptors (Lipinski definition) is 6. The summed E-state index contributed by atoms with van der Waals surface area (Å²) in [5.74, 6) is 0.338. The monoisotopic (exact) mass is 480 g/mol. The number of nitrogens with one attached hydrogen (secondary N) is 1. The molecule has 7 heteroatoms. The number of carbonyl (C=O) groups excluding carboxylic acids is 2. The zero-order valence-electron chi connectivity index (χ0n) is 19.5. The molecule has 0 fully saturated rings. The number of rotatable bonds is 9. The molecular formula is C29H24N2O5. The third-order valence-corrected chi connectivity index (χ3v) is 4.95. The van der Waals surface area contributed by atoms with Gasteiger partial charge in [0.15, 0.2) is 0 Å². The van der Waals surface area contributed by atoms with Crippen molar-refractivity contribution < 1.29 is 23.8 Å². The zero-order valence-corrected chi connectivity index (χ0v) is 19.5. The molecule has 0 bridgehead atoms. The van der Waals surface area contributed by atoms with E-state index >= 15 is 0 Å². The summed E-state index contributed by atoms with van der Waals surface area (Å²) in [6.07, 6.45) is 0.210. The van der Waals surface area contributed by atoms with Crippen LogP contribution in [0.25, 0.3) is 0 Å². The molecule has 0 unspecified atom stereocenters. The van der Waals surface area contributed by atoms with Gasteiger partial charge in [0.25, 0.3) is 0 Å². The molecule has 180 valence electrons. The first-order valence-electron chi connectivity index (χ1n) is 11.2. The Morgan fingerprint density at radius 1 is 0.722 bits per heavy atom. The van der Waals surface area contributed by atoms with Crippen LogP contribution in [0.5, 0.6) is 17.2 Å². The van der Waals surface area contributed by atoms with E-state index in [4.69, 9.17) is 14.2 Å². The Morgan fingerprint density at radius 3 is 1.83 bits per heavy atom. The number of benzene rings is 4. The molecular weight excluding hydrogens is 456 g/mol. The van der Waals surface area contributed by atoms with Crippen molar-refractivity contribution in [2.75, 3.05) is 0 Å². The van der Waals surface area contributed by atoms with Crippen LogP contribution in [0, 0.1) is 6.92 Å². The van der Waals surface area contributed by atoms with Gasteiger partial charge in [0, 0.05) is 0 Å². The van der Waals surface area contributed by atoms with Gasteiger partial charge in [0.2, 0.25) is 0 Å². The first-order chi connectivity index (χ1) is 17.6. The summed E-state index contributed by atoms with van der Waals surface area (Å²) in [4.78, 5) is 25.0. The van der Waals surface area contributed by atoms with Gasteiger partial charge in [-0.1, -0.05) is 54.1 Å². The average molecular weight is 481 g/mol. The molecule has 0 aliphatic carbocycles. The van der Waals surface area contributed by atoms with Crippen molar-refractivity contribution >= 4 is 18.1 Å². The van der Waals surface area contributed by atoms with Crippen molar-refractivity contribution in [3.05, 3.63) is 126 Å². The molecule has 0 saturated heterocycles.